The molecule has 1 aliphatic heterocycles. The van der Waals surface area contributed by atoms with Crippen molar-refractivity contribution in [1.82, 2.24) is 14.5 Å². The van der Waals surface area contributed by atoms with Crippen LogP contribution in [0.5, 0.6) is 0 Å². The van der Waals surface area contributed by atoms with Gasteiger partial charge in [-0.3, -0.25) is 0 Å². The average Bonchev–Trinajstić information content (AvgIpc) is 3.86. The highest BCUT2D eigenvalue weighted by molar-refractivity contribution is 6.13. The van der Waals surface area contributed by atoms with Gasteiger partial charge in [0.1, 0.15) is 0 Å². The highest BCUT2D eigenvalue weighted by atomic mass is 15.0. The Morgan fingerprint density at radius 1 is 0.328 bits per heavy atom. The Kier molecular flexibility index (Phi) is 7.32. The molecule has 0 fully saturated rings. The van der Waals surface area contributed by atoms with Crippen LogP contribution in [0.2, 0.25) is 0 Å². The predicted molar refractivity (Wildman–Crippen MR) is 264 cm³/mol. The van der Waals surface area contributed by atoms with Crippen molar-refractivity contribution >= 4 is 43.4 Å². The highest BCUT2D eigenvalue weighted by Crippen LogP contribution is 2.62. The minimum absolute atomic E-state index is 0.569. The zero-order valence-electron chi connectivity index (χ0n) is 34.7. The van der Waals surface area contributed by atoms with E-state index in [9.17, 15) is 0 Å². The minimum Gasteiger partial charge on any atom is -0.309 e. The lowest BCUT2D eigenvalue weighted by molar-refractivity contribution is 0.748. The maximum Gasteiger partial charge on any atom is 0.160 e. The van der Waals surface area contributed by atoms with Crippen molar-refractivity contribution in [3.63, 3.8) is 0 Å². The number of hydrogen-bond acceptors (Lipinski definition) is 2. The van der Waals surface area contributed by atoms with Gasteiger partial charge in [-0.1, -0.05) is 188 Å². The average molecular weight is 812 g/mol. The number of rotatable bonds is 4. The Labute approximate surface area is 370 Å². The molecular formula is C61H37N3. The molecule has 10 aromatic carbocycles. The summed E-state index contributed by atoms with van der Waals surface area (Å²) in [6, 6.07) is 82.3. The van der Waals surface area contributed by atoms with Gasteiger partial charge in [0.25, 0.3) is 0 Å². The third kappa shape index (κ3) is 4.86. The predicted octanol–water partition coefficient (Wildman–Crippen LogP) is 15.2. The van der Waals surface area contributed by atoms with Gasteiger partial charge in [-0.05, 0) is 102 Å². The van der Waals surface area contributed by atoms with Gasteiger partial charge in [0.15, 0.2) is 5.82 Å². The third-order valence-corrected chi connectivity index (χ3v) is 14.0. The molecule has 3 heteroatoms. The molecule has 1 unspecified atom stereocenters. The van der Waals surface area contributed by atoms with Gasteiger partial charge in [0.2, 0.25) is 0 Å². The second-order valence-electron chi connectivity index (χ2n) is 17.3. The summed E-state index contributed by atoms with van der Waals surface area (Å²) < 4.78 is 2.51. The third-order valence-electron chi connectivity index (χ3n) is 14.0. The second kappa shape index (κ2) is 13.3. The van der Waals surface area contributed by atoms with Crippen LogP contribution < -0.4 is 0 Å². The molecule has 0 amide bonds. The van der Waals surface area contributed by atoms with Gasteiger partial charge in [0, 0.05) is 27.5 Å². The van der Waals surface area contributed by atoms with Gasteiger partial charge < -0.3 is 4.57 Å². The van der Waals surface area contributed by atoms with Crippen LogP contribution >= 0.6 is 0 Å². The number of nitrogens with zero attached hydrogens (tertiary/aromatic N) is 3. The van der Waals surface area contributed by atoms with E-state index in [1.165, 1.54) is 93.5 Å². The number of para-hydroxylation sites is 3. The van der Waals surface area contributed by atoms with E-state index in [1.54, 1.807) is 0 Å². The van der Waals surface area contributed by atoms with Crippen molar-refractivity contribution in [2.45, 2.75) is 5.41 Å². The smallest absolute Gasteiger partial charge is 0.160 e. The molecule has 2 aliphatic rings. The monoisotopic (exact) mass is 811 g/mol. The summed E-state index contributed by atoms with van der Waals surface area (Å²) in [4.78, 5) is 10.4. The maximum atomic E-state index is 5.31. The molecule has 0 N–H and O–H groups in total. The van der Waals surface area contributed by atoms with Crippen LogP contribution in [-0.2, 0) is 5.41 Å². The summed E-state index contributed by atoms with van der Waals surface area (Å²) in [5.41, 5.74) is 18.1. The van der Waals surface area contributed by atoms with Crippen LogP contribution in [-0.4, -0.2) is 14.5 Å². The fourth-order valence-electron chi connectivity index (χ4n) is 11.2. The van der Waals surface area contributed by atoms with Gasteiger partial charge in [-0.2, -0.15) is 0 Å². The molecule has 2 aromatic heterocycles. The highest BCUT2D eigenvalue weighted by Gasteiger charge is 2.51. The lowest BCUT2D eigenvalue weighted by atomic mass is 9.65. The van der Waals surface area contributed by atoms with Crippen LogP contribution in [0.15, 0.2) is 224 Å². The lowest BCUT2D eigenvalue weighted by Gasteiger charge is -2.39. The molecule has 0 radical (unpaired) electrons. The van der Waals surface area contributed by atoms with Crippen LogP contribution in [0.1, 0.15) is 22.3 Å². The Morgan fingerprint density at radius 3 is 1.73 bits per heavy atom. The first-order valence-corrected chi connectivity index (χ1v) is 22.1. The number of benzene rings is 10. The van der Waals surface area contributed by atoms with Crippen molar-refractivity contribution in [2.75, 3.05) is 0 Å². The van der Waals surface area contributed by atoms with Gasteiger partial charge in [-0.15, -0.1) is 0 Å². The summed E-state index contributed by atoms with van der Waals surface area (Å²) in [5.74, 6) is 0.710. The molecule has 3 nitrogen and oxygen atoms in total. The number of aromatic nitrogens is 3. The van der Waals surface area contributed by atoms with Gasteiger partial charge >= 0.3 is 0 Å². The fraction of sp³-hybridized carbons (Fsp3) is 0.0164. The van der Waals surface area contributed by atoms with Crippen LogP contribution in [0.25, 0.3) is 105 Å². The van der Waals surface area contributed by atoms with Crippen molar-refractivity contribution < 1.29 is 0 Å². The van der Waals surface area contributed by atoms with E-state index in [1.807, 2.05) is 6.07 Å². The Bertz CT molecular complexity index is 3840. The summed E-state index contributed by atoms with van der Waals surface area (Å²) >= 11 is 0. The van der Waals surface area contributed by atoms with E-state index in [0.29, 0.717) is 5.82 Å². The second-order valence-corrected chi connectivity index (χ2v) is 17.3. The molecule has 12 aromatic rings. The fourth-order valence-corrected chi connectivity index (χ4v) is 11.2. The molecule has 0 bridgehead atoms. The van der Waals surface area contributed by atoms with Crippen molar-refractivity contribution in [3.8, 4) is 61.8 Å². The summed E-state index contributed by atoms with van der Waals surface area (Å²) in [6.45, 7) is 0. The Balaban J connectivity index is 1.05. The molecule has 1 spiro atoms. The first-order chi connectivity index (χ1) is 31.7. The maximum absolute atomic E-state index is 5.31. The summed E-state index contributed by atoms with van der Waals surface area (Å²) in [5, 5.41) is 7.60. The molecule has 296 valence electrons. The molecule has 1 aliphatic carbocycles. The van der Waals surface area contributed by atoms with Crippen LogP contribution in [0, 0.1) is 0 Å². The van der Waals surface area contributed by atoms with Crippen LogP contribution in [0.3, 0.4) is 0 Å². The zero-order chi connectivity index (χ0) is 41.9. The summed E-state index contributed by atoms with van der Waals surface area (Å²) in [7, 11) is 0. The Hall–Kier alpha value is -8.40. The zero-order valence-corrected chi connectivity index (χ0v) is 34.7. The molecule has 64 heavy (non-hydrogen) atoms. The normalized spacial score (nSPS) is 14.6. The molecule has 3 heterocycles. The first-order valence-electron chi connectivity index (χ1n) is 22.1. The molecule has 1 atom stereocenters. The van der Waals surface area contributed by atoms with E-state index >= 15 is 0 Å². The number of fused-ring (bicyclic) bond motifs is 15. The van der Waals surface area contributed by atoms with Crippen LogP contribution in [0.4, 0.5) is 0 Å². The van der Waals surface area contributed by atoms with Crippen molar-refractivity contribution in [3.05, 3.63) is 247 Å². The quantitative estimate of drug-likeness (QED) is 0.166. The molecule has 0 saturated carbocycles. The van der Waals surface area contributed by atoms with E-state index < -0.39 is 5.41 Å². The SMILES string of the molecule is c1ccc(-c2cc(-c3ccc4c(c3)-c3cc(-c5ccc6c(ccc7ccccc76)c5)ccc3C43c4ccccc4-n4c5ccccc5c5cccc3c54)nc(-c3ccccc3)n2)cc1. The summed E-state index contributed by atoms with van der Waals surface area (Å²) in [6.07, 6.45) is 0. The molecule has 0 saturated heterocycles. The Morgan fingerprint density at radius 2 is 0.906 bits per heavy atom. The van der Waals surface area contributed by atoms with E-state index in [-0.39, 0.29) is 0 Å². The van der Waals surface area contributed by atoms with E-state index in [2.05, 4.69) is 223 Å². The van der Waals surface area contributed by atoms with E-state index in [4.69, 9.17) is 9.97 Å². The standard InChI is InChI=1S/C61H37N3/c1-3-15-39(16-4-1)55-37-56(63-60(62-55)40-17-5-2-6-18-40)44-30-33-52-50(36-44)49-35-42(41-28-31-46-43(34-41)27-26-38-14-7-8-19-45(38)46)29-32-51(49)61(52)53-22-10-12-25-58(53)64-57-24-11-9-20-47(57)48-21-13-23-54(61)59(48)64/h1-37H. The number of hydrogen-bond donors (Lipinski definition) is 0. The van der Waals surface area contributed by atoms with Crippen molar-refractivity contribution in [2.24, 2.45) is 0 Å². The topological polar surface area (TPSA) is 30.7 Å². The van der Waals surface area contributed by atoms with Crippen molar-refractivity contribution in [1.29, 1.82) is 0 Å². The lowest BCUT2D eigenvalue weighted by Crippen LogP contribution is -2.33. The van der Waals surface area contributed by atoms with Gasteiger partial charge in [-0.25, -0.2) is 9.97 Å². The largest absolute Gasteiger partial charge is 0.309 e. The van der Waals surface area contributed by atoms with Gasteiger partial charge in [0.05, 0.1) is 33.5 Å². The molecular weight excluding hydrogens is 775 g/mol. The first kappa shape index (κ1) is 35.2. The minimum atomic E-state index is -0.569. The molecule has 14 rings (SSSR count). The van der Waals surface area contributed by atoms with E-state index in [0.717, 1.165) is 28.1 Å².